The molecule has 0 amide bonds. The Morgan fingerprint density at radius 2 is 1.11 bits per heavy atom. The highest BCUT2D eigenvalue weighted by atomic mass is 16.3. The molecule has 0 fully saturated rings. The van der Waals surface area contributed by atoms with Crippen molar-refractivity contribution in [2.24, 2.45) is 0 Å². The summed E-state index contributed by atoms with van der Waals surface area (Å²) in [7, 11) is 0. The Hall–Kier alpha value is -2.44. The molecule has 3 N–H and O–H groups in total. The van der Waals surface area contributed by atoms with Crippen LogP contribution in [0, 0.1) is 12.3 Å². The molecular weight excluding hydrogens is 228 g/mol. The number of terminal acetylenes is 1. The third-order valence-electron chi connectivity index (χ3n) is 2.78. The molecule has 0 spiro atoms. The van der Waals surface area contributed by atoms with E-state index in [2.05, 4.69) is 5.92 Å². The summed E-state index contributed by atoms with van der Waals surface area (Å²) < 4.78 is 0. The van der Waals surface area contributed by atoms with Crippen LogP contribution in [0.1, 0.15) is 11.1 Å². The number of aliphatic hydroxyl groups is 1. The third kappa shape index (κ3) is 2.02. The van der Waals surface area contributed by atoms with Gasteiger partial charge in [0.25, 0.3) is 0 Å². The minimum atomic E-state index is -1.58. The topological polar surface area (TPSA) is 60.7 Å². The maximum atomic E-state index is 10.5. The van der Waals surface area contributed by atoms with Crippen molar-refractivity contribution in [1.29, 1.82) is 0 Å². The van der Waals surface area contributed by atoms with Crippen LogP contribution in [0.5, 0.6) is 11.5 Å². The van der Waals surface area contributed by atoms with Gasteiger partial charge in [-0.15, -0.1) is 6.42 Å². The lowest BCUT2D eigenvalue weighted by Gasteiger charge is -2.23. The van der Waals surface area contributed by atoms with E-state index >= 15 is 0 Å². The Labute approximate surface area is 105 Å². The number of rotatable bonds is 2. The fraction of sp³-hybridized carbons (Fsp3) is 0.0667. The lowest BCUT2D eigenvalue weighted by Crippen LogP contribution is -2.24. The summed E-state index contributed by atoms with van der Waals surface area (Å²) in [5.74, 6) is 2.54. The van der Waals surface area contributed by atoms with Gasteiger partial charge in [0.15, 0.2) is 5.60 Å². The maximum Gasteiger partial charge on any atom is 0.176 e. The Kier molecular flexibility index (Phi) is 2.97. The summed E-state index contributed by atoms with van der Waals surface area (Å²) in [5, 5.41) is 29.0. The largest absolute Gasteiger partial charge is 0.508 e. The average molecular weight is 240 g/mol. The van der Waals surface area contributed by atoms with Crippen LogP contribution in [0.3, 0.4) is 0 Å². The molecular formula is C15H12O3. The standard InChI is InChI=1S/C15H12O3/c1-2-15(18,11-3-7-13(16)8-4-11)12-5-9-14(17)10-6-12/h1,3-10,16-18H. The van der Waals surface area contributed by atoms with Crippen molar-refractivity contribution in [1.82, 2.24) is 0 Å². The van der Waals surface area contributed by atoms with Gasteiger partial charge in [0, 0.05) is 11.1 Å². The number of aromatic hydroxyl groups is 2. The van der Waals surface area contributed by atoms with Crippen molar-refractivity contribution in [3.8, 4) is 23.8 Å². The van der Waals surface area contributed by atoms with Crippen LogP contribution < -0.4 is 0 Å². The summed E-state index contributed by atoms with van der Waals surface area (Å²) in [4.78, 5) is 0. The molecule has 2 rings (SSSR count). The van der Waals surface area contributed by atoms with Gasteiger partial charge in [0.2, 0.25) is 0 Å². The van der Waals surface area contributed by atoms with Gasteiger partial charge in [0.1, 0.15) is 11.5 Å². The molecule has 3 heteroatoms. The number of benzene rings is 2. The summed E-state index contributed by atoms with van der Waals surface area (Å²) >= 11 is 0. The van der Waals surface area contributed by atoms with Gasteiger partial charge in [-0.1, -0.05) is 30.2 Å². The molecule has 90 valence electrons. The van der Waals surface area contributed by atoms with E-state index in [4.69, 9.17) is 6.42 Å². The minimum absolute atomic E-state index is 0.101. The molecule has 0 radical (unpaired) electrons. The molecule has 0 saturated heterocycles. The van der Waals surface area contributed by atoms with Crippen molar-refractivity contribution < 1.29 is 15.3 Å². The molecule has 2 aromatic carbocycles. The van der Waals surface area contributed by atoms with E-state index in [1.54, 1.807) is 24.3 Å². The van der Waals surface area contributed by atoms with Crippen molar-refractivity contribution in [2.75, 3.05) is 0 Å². The van der Waals surface area contributed by atoms with Gasteiger partial charge >= 0.3 is 0 Å². The molecule has 3 nitrogen and oxygen atoms in total. The summed E-state index contributed by atoms with van der Waals surface area (Å²) in [5.41, 5.74) is -0.622. The fourth-order valence-electron chi connectivity index (χ4n) is 1.74. The molecule has 0 aliphatic heterocycles. The number of phenols is 2. The Balaban J connectivity index is 2.52. The second-order valence-electron chi connectivity index (χ2n) is 3.95. The molecule has 0 unspecified atom stereocenters. The second-order valence-corrected chi connectivity index (χ2v) is 3.95. The molecule has 2 aromatic rings. The van der Waals surface area contributed by atoms with Crippen molar-refractivity contribution in [3.05, 3.63) is 59.7 Å². The SMILES string of the molecule is C#CC(O)(c1ccc(O)cc1)c1ccc(O)cc1. The zero-order valence-corrected chi connectivity index (χ0v) is 9.54. The van der Waals surface area contributed by atoms with E-state index in [0.717, 1.165) is 0 Å². The Bertz CT molecular complexity index is 531. The Morgan fingerprint density at radius 3 is 1.39 bits per heavy atom. The molecule has 0 saturated carbocycles. The summed E-state index contributed by atoms with van der Waals surface area (Å²) in [6, 6.07) is 12.1. The minimum Gasteiger partial charge on any atom is -0.508 e. The normalized spacial score (nSPS) is 10.9. The van der Waals surface area contributed by atoms with Crippen molar-refractivity contribution in [3.63, 3.8) is 0 Å². The van der Waals surface area contributed by atoms with Crippen LogP contribution in [0.25, 0.3) is 0 Å². The van der Waals surface area contributed by atoms with Crippen LogP contribution in [0.4, 0.5) is 0 Å². The quantitative estimate of drug-likeness (QED) is 0.703. The highest BCUT2D eigenvalue weighted by molar-refractivity contribution is 5.46. The van der Waals surface area contributed by atoms with Crippen LogP contribution in [-0.4, -0.2) is 15.3 Å². The highest BCUT2D eigenvalue weighted by Gasteiger charge is 2.28. The highest BCUT2D eigenvalue weighted by Crippen LogP contribution is 2.30. The molecule has 0 aromatic heterocycles. The van der Waals surface area contributed by atoms with E-state index in [9.17, 15) is 15.3 Å². The van der Waals surface area contributed by atoms with Gasteiger partial charge in [-0.05, 0) is 24.3 Å². The predicted octanol–water partition coefficient (Wildman–Crippen LogP) is 1.97. The average Bonchev–Trinajstić information content (AvgIpc) is 2.39. The van der Waals surface area contributed by atoms with Gasteiger partial charge in [0.05, 0.1) is 0 Å². The number of hydrogen-bond donors (Lipinski definition) is 3. The van der Waals surface area contributed by atoms with Crippen LogP contribution >= 0.6 is 0 Å². The van der Waals surface area contributed by atoms with E-state index in [0.29, 0.717) is 11.1 Å². The fourth-order valence-corrected chi connectivity index (χ4v) is 1.74. The molecule has 0 aliphatic carbocycles. The molecule has 0 bridgehead atoms. The third-order valence-corrected chi connectivity index (χ3v) is 2.78. The van der Waals surface area contributed by atoms with E-state index in [1.165, 1.54) is 24.3 Å². The molecule has 0 aliphatic rings. The summed E-state index contributed by atoms with van der Waals surface area (Å²) in [6.45, 7) is 0. The first-order valence-electron chi connectivity index (χ1n) is 5.35. The predicted molar refractivity (Wildman–Crippen MR) is 68.0 cm³/mol. The van der Waals surface area contributed by atoms with Crippen molar-refractivity contribution in [2.45, 2.75) is 5.60 Å². The van der Waals surface area contributed by atoms with E-state index in [-0.39, 0.29) is 11.5 Å². The van der Waals surface area contributed by atoms with E-state index < -0.39 is 5.60 Å². The number of phenolic OH excluding ortho intramolecular Hbond substituents is 2. The lowest BCUT2D eigenvalue weighted by molar-refractivity contribution is 0.145. The Morgan fingerprint density at radius 1 is 0.778 bits per heavy atom. The second kappa shape index (κ2) is 4.44. The van der Waals surface area contributed by atoms with Crippen LogP contribution in [0.2, 0.25) is 0 Å². The first-order chi connectivity index (χ1) is 8.56. The van der Waals surface area contributed by atoms with Gasteiger partial charge in [-0.3, -0.25) is 0 Å². The maximum absolute atomic E-state index is 10.5. The summed E-state index contributed by atoms with van der Waals surface area (Å²) in [6.07, 6.45) is 5.42. The smallest absolute Gasteiger partial charge is 0.176 e. The van der Waals surface area contributed by atoms with Gasteiger partial charge in [-0.25, -0.2) is 0 Å². The van der Waals surface area contributed by atoms with E-state index in [1.807, 2.05) is 0 Å². The molecule has 0 heterocycles. The zero-order valence-electron chi connectivity index (χ0n) is 9.54. The van der Waals surface area contributed by atoms with Crippen LogP contribution in [-0.2, 0) is 5.60 Å². The first-order valence-corrected chi connectivity index (χ1v) is 5.35. The van der Waals surface area contributed by atoms with Gasteiger partial charge < -0.3 is 15.3 Å². The first kappa shape index (κ1) is 12.0. The van der Waals surface area contributed by atoms with Crippen molar-refractivity contribution >= 4 is 0 Å². The van der Waals surface area contributed by atoms with Crippen LogP contribution in [0.15, 0.2) is 48.5 Å². The zero-order chi connectivity index (χ0) is 13.2. The number of hydrogen-bond acceptors (Lipinski definition) is 3. The monoisotopic (exact) mass is 240 g/mol. The van der Waals surface area contributed by atoms with Gasteiger partial charge in [-0.2, -0.15) is 0 Å². The molecule has 18 heavy (non-hydrogen) atoms. The lowest BCUT2D eigenvalue weighted by atomic mass is 9.87. The molecule has 0 atom stereocenters.